The van der Waals surface area contributed by atoms with Gasteiger partial charge in [-0.1, -0.05) is 34.1 Å². The Balaban J connectivity index is 1.68. The van der Waals surface area contributed by atoms with E-state index < -0.39 is 28.2 Å². The Morgan fingerprint density at radius 1 is 1.21 bits per heavy atom. The number of fused-ring (bicyclic) bond motifs is 1. The molecular formula is C24H32BrN3O4S. The van der Waals surface area contributed by atoms with Crippen LogP contribution in [0.2, 0.25) is 0 Å². The number of anilines is 1. The van der Waals surface area contributed by atoms with Gasteiger partial charge >= 0.3 is 0 Å². The molecule has 3 saturated heterocycles. The van der Waals surface area contributed by atoms with Gasteiger partial charge in [-0.25, -0.2) is 0 Å². The van der Waals surface area contributed by atoms with Crippen molar-refractivity contribution in [3.8, 4) is 0 Å². The highest BCUT2D eigenvalue weighted by Gasteiger charge is 2.75. The van der Waals surface area contributed by atoms with Crippen molar-refractivity contribution in [2.75, 3.05) is 18.5 Å². The second kappa shape index (κ2) is 9.23. The van der Waals surface area contributed by atoms with Gasteiger partial charge < -0.3 is 20.6 Å². The van der Waals surface area contributed by atoms with Crippen molar-refractivity contribution in [1.29, 1.82) is 0 Å². The highest BCUT2D eigenvalue weighted by atomic mass is 79.9. The van der Waals surface area contributed by atoms with Crippen LogP contribution in [-0.2, 0) is 14.4 Å². The van der Waals surface area contributed by atoms with E-state index >= 15 is 0 Å². The van der Waals surface area contributed by atoms with Crippen LogP contribution in [0.4, 0.5) is 5.69 Å². The summed E-state index contributed by atoms with van der Waals surface area (Å²) in [6.45, 7) is 6.21. The summed E-state index contributed by atoms with van der Waals surface area (Å²) in [7, 11) is 0. The van der Waals surface area contributed by atoms with Gasteiger partial charge in [0, 0.05) is 34.5 Å². The first-order valence-corrected chi connectivity index (χ1v) is 13.3. The van der Waals surface area contributed by atoms with Crippen molar-refractivity contribution in [2.45, 2.75) is 66.4 Å². The minimum absolute atomic E-state index is 0.0395. The number of hydrogen-bond acceptors (Lipinski definition) is 5. The van der Waals surface area contributed by atoms with Crippen molar-refractivity contribution in [3.05, 3.63) is 30.3 Å². The Bertz CT molecular complexity index is 924. The van der Waals surface area contributed by atoms with E-state index in [1.165, 1.54) is 0 Å². The summed E-state index contributed by atoms with van der Waals surface area (Å²) in [5, 5.41) is 15.2. The predicted molar refractivity (Wildman–Crippen MR) is 133 cm³/mol. The number of alkyl halides is 1. The molecule has 3 fully saturated rings. The Hall–Kier alpha value is -1.58. The number of benzene rings is 1. The van der Waals surface area contributed by atoms with Gasteiger partial charge in [0.15, 0.2) is 0 Å². The Labute approximate surface area is 207 Å². The van der Waals surface area contributed by atoms with Gasteiger partial charge in [-0.15, -0.1) is 11.8 Å². The maximum Gasteiger partial charge on any atom is 0.244 e. The largest absolute Gasteiger partial charge is 0.396 e. The third kappa shape index (κ3) is 4.44. The number of amides is 3. The van der Waals surface area contributed by atoms with Gasteiger partial charge in [-0.2, -0.15) is 0 Å². The highest BCUT2D eigenvalue weighted by molar-refractivity contribution is 9.09. The first-order valence-electron chi connectivity index (χ1n) is 11.5. The molecule has 3 aliphatic heterocycles. The average molecular weight is 539 g/mol. The zero-order valence-electron chi connectivity index (χ0n) is 19.2. The summed E-state index contributed by atoms with van der Waals surface area (Å²) in [6.07, 6.45) is 1.83. The van der Waals surface area contributed by atoms with Crippen molar-refractivity contribution >= 4 is 51.1 Å². The van der Waals surface area contributed by atoms with E-state index in [9.17, 15) is 19.5 Å². The first-order chi connectivity index (χ1) is 15.6. The molecule has 1 spiro atoms. The number of rotatable bonds is 7. The van der Waals surface area contributed by atoms with Crippen LogP contribution in [0.25, 0.3) is 0 Å². The van der Waals surface area contributed by atoms with Crippen LogP contribution < -0.4 is 10.6 Å². The molecule has 3 heterocycles. The summed E-state index contributed by atoms with van der Waals surface area (Å²) in [4.78, 5) is 42.5. The summed E-state index contributed by atoms with van der Waals surface area (Å²) in [6, 6.07) is 8.62. The quantitative estimate of drug-likeness (QED) is 0.367. The number of likely N-dealkylation sites (tertiary alicyclic amines) is 1. The van der Waals surface area contributed by atoms with Crippen LogP contribution in [0.5, 0.6) is 0 Å². The molecule has 2 bridgehead atoms. The molecule has 3 N–H and O–H groups in total. The Morgan fingerprint density at radius 3 is 2.55 bits per heavy atom. The number of nitrogens with zero attached hydrogens (tertiary/aromatic N) is 1. The second-order valence-electron chi connectivity index (χ2n) is 10.2. The van der Waals surface area contributed by atoms with Gasteiger partial charge in [0.05, 0.1) is 16.6 Å². The lowest BCUT2D eigenvalue weighted by Gasteiger charge is -2.36. The van der Waals surface area contributed by atoms with E-state index in [0.29, 0.717) is 31.5 Å². The molecule has 7 nitrogen and oxygen atoms in total. The van der Waals surface area contributed by atoms with Gasteiger partial charge in [-0.05, 0) is 52.2 Å². The van der Waals surface area contributed by atoms with Gasteiger partial charge in [0.2, 0.25) is 17.7 Å². The molecule has 3 aliphatic rings. The van der Waals surface area contributed by atoms with Crippen molar-refractivity contribution in [1.82, 2.24) is 10.2 Å². The number of unbranched alkanes of at least 4 members (excludes halogenated alkanes) is 1. The van der Waals surface area contributed by atoms with E-state index in [0.717, 1.165) is 0 Å². The number of aliphatic hydroxyl groups is 1. The molecule has 0 aliphatic carbocycles. The number of para-hydroxylation sites is 1. The zero-order chi connectivity index (χ0) is 24.0. The standard InChI is InChI=1S/C24H32BrN3O4S/c1-23(2,3)27-21(31)19-24-13-15(25)18(33-24)16(20(30)26-14-9-5-4-6-10-14)17(24)22(32)28(19)11-7-8-12-29/h4-6,9-10,15-19,29H,7-8,11-13H2,1-3H3,(H,26,30)(H,27,31)/t15?,16-,17+,18-,19?,24?/m1/s1. The smallest absolute Gasteiger partial charge is 0.244 e. The lowest BCUT2D eigenvalue weighted by Crippen LogP contribution is -2.57. The van der Waals surface area contributed by atoms with Gasteiger partial charge in [-0.3, -0.25) is 14.4 Å². The van der Waals surface area contributed by atoms with Crippen LogP contribution in [0.3, 0.4) is 0 Å². The summed E-state index contributed by atoms with van der Waals surface area (Å²) < 4.78 is -0.650. The number of thioether (sulfide) groups is 1. The molecule has 0 radical (unpaired) electrons. The molecule has 3 amide bonds. The van der Waals surface area contributed by atoms with E-state index in [-0.39, 0.29) is 34.4 Å². The monoisotopic (exact) mass is 537 g/mol. The Morgan fingerprint density at radius 2 is 1.91 bits per heavy atom. The molecule has 1 aromatic carbocycles. The van der Waals surface area contributed by atoms with E-state index in [4.69, 9.17) is 0 Å². The fourth-order valence-electron chi connectivity index (χ4n) is 5.55. The number of carbonyl (C=O) groups excluding carboxylic acids is 3. The lowest BCUT2D eigenvalue weighted by atomic mass is 9.70. The van der Waals surface area contributed by atoms with Crippen LogP contribution in [0, 0.1) is 11.8 Å². The van der Waals surface area contributed by atoms with Crippen molar-refractivity contribution in [2.24, 2.45) is 11.8 Å². The maximum absolute atomic E-state index is 13.8. The van der Waals surface area contributed by atoms with Crippen LogP contribution in [-0.4, -0.2) is 67.3 Å². The molecule has 9 heteroatoms. The van der Waals surface area contributed by atoms with E-state index in [1.807, 2.05) is 51.1 Å². The molecule has 1 aromatic rings. The molecular weight excluding hydrogens is 506 g/mol. The molecule has 0 saturated carbocycles. The normalized spacial score (nSPS) is 32.7. The average Bonchev–Trinajstić information content (AvgIpc) is 3.31. The fraction of sp³-hybridized carbons (Fsp3) is 0.625. The van der Waals surface area contributed by atoms with Crippen LogP contribution >= 0.6 is 27.7 Å². The highest BCUT2D eigenvalue weighted by Crippen LogP contribution is 2.67. The van der Waals surface area contributed by atoms with Crippen LogP contribution in [0.1, 0.15) is 40.0 Å². The molecule has 6 atom stereocenters. The maximum atomic E-state index is 13.8. The summed E-state index contributed by atoms with van der Waals surface area (Å²) in [5.41, 5.74) is 0.257. The number of halogens is 1. The summed E-state index contributed by atoms with van der Waals surface area (Å²) in [5.74, 6) is -1.53. The number of nitrogens with one attached hydrogen (secondary N) is 2. The van der Waals surface area contributed by atoms with Crippen LogP contribution in [0.15, 0.2) is 30.3 Å². The third-order valence-corrected chi connectivity index (χ3v) is 9.91. The topological polar surface area (TPSA) is 98.7 Å². The SMILES string of the molecule is CC(C)(C)NC(=O)C1N(CCCCO)C(=O)[C@@H]2[C@@H](C(=O)Nc3ccccc3)[C@@H]3SC12CC3Br. The van der Waals surface area contributed by atoms with E-state index in [2.05, 4.69) is 26.6 Å². The van der Waals surface area contributed by atoms with Crippen molar-refractivity contribution in [3.63, 3.8) is 0 Å². The number of aliphatic hydroxyl groups excluding tert-OH is 1. The Kier molecular flexibility index (Phi) is 6.86. The molecule has 3 unspecified atom stereocenters. The molecule has 4 rings (SSSR count). The second-order valence-corrected chi connectivity index (χ2v) is 12.9. The minimum atomic E-state index is -0.650. The zero-order valence-corrected chi connectivity index (χ0v) is 21.6. The third-order valence-electron chi connectivity index (χ3n) is 6.69. The minimum Gasteiger partial charge on any atom is -0.396 e. The molecule has 0 aromatic heterocycles. The van der Waals surface area contributed by atoms with E-state index in [1.54, 1.807) is 16.7 Å². The molecule has 33 heavy (non-hydrogen) atoms. The lowest BCUT2D eigenvalue weighted by molar-refractivity contribution is -0.139. The predicted octanol–water partition coefficient (Wildman–Crippen LogP) is 2.78. The van der Waals surface area contributed by atoms with Gasteiger partial charge in [0.25, 0.3) is 0 Å². The summed E-state index contributed by atoms with van der Waals surface area (Å²) >= 11 is 5.40. The number of carbonyl (C=O) groups is 3. The first kappa shape index (κ1) is 24.5. The number of hydrogen-bond donors (Lipinski definition) is 3. The van der Waals surface area contributed by atoms with Gasteiger partial charge in [0.1, 0.15) is 6.04 Å². The fourth-order valence-corrected chi connectivity index (χ4v) is 9.16. The molecule has 180 valence electrons. The van der Waals surface area contributed by atoms with Crippen molar-refractivity contribution < 1.29 is 19.5 Å².